The summed E-state index contributed by atoms with van der Waals surface area (Å²) in [7, 11) is 0. The first kappa shape index (κ1) is 39.1. The molecular weight excluding hydrogens is 520 g/mol. The number of hydrogen-bond acceptors (Lipinski definition) is 3. The molecule has 4 heteroatoms. The fraction of sp³-hybridized carbons (Fsp3) is 0.579. The molecule has 0 saturated carbocycles. The number of allylic oxidation sites excluding steroid dienone is 13. The van der Waals surface area contributed by atoms with E-state index in [2.05, 4.69) is 86.8 Å². The molecule has 0 spiro atoms. The number of esters is 1. The maximum absolute atomic E-state index is 12.4. The summed E-state index contributed by atoms with van der Waals surface area (Å²) in [5.74, 6) is -0.938. The second-order valence-corrected chi connectivity index (χ2v) is 10.6. The van der Waals surface area contributed by atoms with E-state index in [0.717, 1.165) is 77.0 Å². The van der Waals surface area contributed by atoms with Crippen LogP contribution in [0, 0.1) is 0 Å². The zero-order valence-corrected chi connectivity index (χ0v) is 26.8. The molecular formula is C38H60O4. The molecule has 0 aromatic rings. The van der Waals surface area contributed by atoms with Crippen LogP contribution in [0.5, 0.6) is 0 Å². The molecule has 0 aliphatic carbocycles. The van der Waals surface area contributed by atoms with Crippen LogP contribution in [-0.4, -0.2) is 23.1 Å². The number of hydrogen-bond donors (Lipinski definition) is 1. The molecule has 0 aromatic heterocycles. The van der Waals surface area contributed by atoms with Crippen molar-refractivity contribution in [1.82, 2.24) is 0 Å². The van der Waals surface area contributed by atoms with Gasteiger partial charge in [0, 0.05) is 12.8 Å². The van der Waals surface area contributed by atoms with Crippen molar-refractivity contribution in [2.45, 2.75) is 142 Å². The van der Waals surface area contributed by atoms with Gasteiger partial charge in [0.25, 0.3) is 0 Å². The number of carboxylic acid groups (broad SMARTS) is 1. The minimum Gasteiger partial charge on any atom is -0.481 e. The van der Waals surface area contributed by atoms with E-state index < -0.39 is 5.97 Å². The topological polar surface area (TPSA) is 63.6 Å². The SMILES string of the molecule is CC/C=C\C/C=C\C/C=C\C/C=C\C/C=C\C(CCCCC(=O)O)OC(=O)CCCCCCC/C=C\C/C=C\CCC. The minimum atomic E-state index is -0.783. The van der Waals surface area contributed by atoms with E-state index in [1.54, 1.807) is 0 Å². The molecule has 0 rings (SSSR count). The molecule has 4 nitrogen and oxygen atoms in total. The van der Waals surface area contributed by atoms with Gasteiger partial charge in [-0.05, 0) is 89.5 Å². The van der Waals surface area contributed by atoms with Crippen LogP contribution in [0.3, 0.4) is 0 Å². The Hall–Kier alpha value is -2.88. The van der Waals surface area contributed by atoms with Crippen LogP contribution in [0.25, 0.3) is 0 Å². The molecule has 0 heterocycles. The van der Waals surface area contributed by atoms with Crippen molar-refractivity contribution >= 4 is 11.9 Å². The first-order valence-electron chi connectivity index (χ1n) is 16.6. The number of carboxylic acids is 1. The minimum absolute atomic E-state index is 0.151. The Balaban J connectivity index is 4.23. The van der Waals surface area contributed by atoms with Crippen molar-refractivity contribution in [1.29, 1.82) is 0 Å². The average Bonchev–Trinajstić information content (AvgIpc) is 2.97. The average molecular weight is 581 g/mol. The Labute approximate surface area is 258 Å². The predicted molar refractivity (Wildman–Crippen MR) is 181 cm³/mol. The maximum Gasteiger partial charge on any atom is 0.306 e. The Morgan fingerprint density at radius 2 is 1.07 bits per heavy atom. The van der Waals surface area contributed by atoms with Crippen molar-refractivity contribution in [2.24, 2.45) is 0 Å². The molecule has 0 radical (unpaired) electrons. The van der Waals surface area contributed by atoms with Gasteiger partial charge in [-0.1, -0.05) is 119 Å². The fourth-order valence-corrected chi connectivity index (χ4v) is 4.16. The molecule has 0 amide bonds. The van der Waals surface area contributed by atoms with Crippen LogP contribution in [0.1, 0.15) is 136 Å². The molecule has 0 aliphatic rings. The summed E-state index contributed by atoms with van der Waals surface area (Å²) in [6.07, 6.45) is 47.4. The largest absolute Gasteiger partial charge is 0.481 e. The molecule has 0 saturated heterocycles. The summed E-state index contributed by atoms with van der Waals surface area (Å²) < 4.78 is 5.74. The van der Waals surface area contributed by atoms with Crippen molar-refractivity contribution in [3.05, 3.63) is 85.1 Å². The van der Waals surface area contributed by atoms with Gasteiger partial charge in [0.1, 0.15) is 6.10 Å². The predicted octanol–water partition coefficient (Wildman–Crippen LogP) is 11.3. The third-order valence-electron chi connectivity index (χ3n) is 6.57. The van der Waals surface area contributed by atoms with Gasteiger partial charge in [0.15, 0.2) is 0 Å². The summed E-state index contributed by atoms with van der Waals surface area (Å²) in [5.41, 5.74) is 0. The molecule has 236 valence electrons. The van der Waals surface area contributed by atoms with E-state index in [9.17, 15) is 9.59 Å². The van der Waals surface area contributed by atoms with Gasteiger partial charge in [-0.15, -0.1) is 0 Å². The lowest BCUT2D eigenvalue weighted by Crippen LogP contribution is -2.16. The van der Waals surface area contributed by atoms with Gasteiger partial charge in [0.05, 0.1) is 0 Å². The van der Waals surface area contributed by atoms with Gasteiger partial charge in [-0.2, -0.15) is 0 Å². The molecule has 1 N–H and O–H groups in total. The van der Waals surface area contributed by atoms with Crippen molar-refractivity contribution in [2.75, 3.05) is 0 Å². The molecule has 42 heavy (non-hydrogen) atoms. The van der Waals surface area contributed by atoms with E-state index in [4.69, 9.17) is 9.84 Å². The van der Waals surface area contributed by atoms with Gasteiger partial charge < -0.3 is 9.84 Å². The molecule has 0 fully saturated rings. The lowest BCUT2D eigenvalue weighted by Gasteiger charge is -2.14. The fourth-order valence-electron chi connectivity index (χ4n) is 4.16. The number of unbranched alkanes of at least 4 members (excludes halogenated alkanes) is 7. The molecule has 0 bridgehead atoms. The summed E-state index contributed by atoms with van der Waals surface area (Å²) in [6, 6.07) is 0. The summed E-state index contributed by atoms with van der Waals surface area (Å²) in [5, 5.41) is 8.89. The molecule has 0 aromatic carbocycles. The van der Waals surface area contributed by atoms with E-state index in [0.29, 0.717) is 19.3 Å². The quantitative estimate of drug-likeness (QED) is 0.0568. The Morgan fingerprint density at radius 3 is 1.67 bits per heavy atom. The third-order valence-corrected chi connectivity index (χ3v) is 6.57. The summed E-state index contributed by atoms with van der Waals surface area (Å²) >= 11 is 0. The highest BCUT2D eigenvalue weighted by atomic mass is 16.5. The smallest absolute Gasteiger partial charge is 0.306 e. The van der Waals surface area contributed by atoms with E-state index in [-0.39, 0.29) is 18.5 Å². The second-order valence-electron chi connectivity index (χ2n) is 10.6. The highest BCUT2D eigenvalue weighted by Crippen LogP contribution is 2.13. The highest BCUT2D eigenvalue weighted by molar-refractivity contribution is 5.69. The van der Waals surface area contributed by atoms with E-state index >= 15 is 0 Å². The van der Waals surface area contributed by atoms with Gasteiger partial charge >= 0.3 is 11.9 Å². The lowest BCUT2D eigenvalue weighted by molar-refractivity contribution is -0.147. The first-order chi connectivity index (χ1) is 20.6. The monoisotopic (exact) mass is 580 g/mol. The van der Waals surface area contributed by atoms with Crippen LogP contribution in [0.15, 0.2) is 85.1 Å². The number of rotatable bonds is 28. The number of carbonyl (C=O) groups excluding carboxylic acids is 1. The third kappa shape index (κ3) is 31.6. The lowest BCUT2D eigenvalue weighted by atomic mass is 10.1. The number of ether oxygens (including phenoxy) is 1. The summed E-state index contributed by atoms with van der Waals surface area (Å²) in [4.78, 5) is 23.3. The van der Waals surface area contributed by atoms with Crippen LogP contribution < -0.4 is 0 Å². The molecule has 1 unspecified atom stereocenters. The van der Waals surface area contributed by atoms with Crippen LogP contribution in [-0.2, 0) is 14.3 Å². The van der Waals surface area contributed by atoms with Crippen molar-refractivity contribution in [3.8, 4) is 0 Å². The van der Waals surface area contributed by atoms with Crippen molar-refractivity contribution in [3.63, 3.8) is 0 Å². The van der Waals surface area contributed by atoms with Gasteiger partial charge in [-0.25, -0.2) is 0 Å². The molecule has 1 atom stereocenters. The molecule has 0 aliphatic heterocycles. The Kier molecular flexibility index (Phi) is 30.4. The van der Waals surface area contributed by atoms with E-state index in [1.807, 2.05) is 12.2 Å². The van der Waals surface area contributed by atoms with Crippen molar-refractivity contribution < 1.29 is 19.4 Å². The van der Waals surface area contributed by atoms with Crippen LogP contribution in [0.4, 0.5) is 0 Å². The Bertz CT molecular complexity index is 841. The normalized spacial score (nSPS) is 13.4. The van der Waals surface area contributed by atoms with E-state index in [1.165, 1.54) is 19.3 Å². The Morgan fingerprint density at radius 1 is 0.571 bits per heavy atom. The zero-order valence-electron chi connectivity index (χ0n) is 26.8. The van der Waals surface area contributed by atoms with Gasteiger partial charge in [-0.3, -0.25) is 9.59 Å². The summed E-state index contributed by atoms with van der Waals surface area (Å²) in [6.45, 7) is 4.34. The zero-order chi connectivity index (χ0) is 30.8. The standard InChI is InChI=1S/C38H60O4/c1-3-5-7-9-11-13-15-17-19-20-22-24-26-28-32-36(33-30-31-34-37(39)40)42-38(41)35-29-27-25-23-21-18-16-14-12-10-8-6-4-2/h5,7-8,10-11,13-14,16-17,19,22,24,28,32,36H,3-4,6,9,12,15,18,20-21,23,25-27,29-31,33-35H2,1-2H3,(H,39,40)/b7-5-,10-8-,13-11-,16-14-,19-17-,24-22-,32-28-. The van der Waals surface area contributed by atoms with Crippen LogP contribution in [0.2, 0.25) is 0 Å². The number of aliphatic carboxylic acids is 1. The maximum atomic E-state index is 12.4. The first-order valence-corrected chi connectivity index (χ1v) is 16.6. The number of carbonyl (C=O) groups is 2. The second kappa shape index (κ2) is 32.6. The van der Waals surface area contributed by atoms with Crippen LogP contribution >= 0.6 is 0 Å². The highest BCUT2D eigenvalue weighted by Gasteiger charge is 2.11. The van der Waals surface area contributed by atoms with Gasteiger partial charge in [0.2, 0.25) is 0 Å².